The summed E-state index contributed by atoms with van der Waals surface area (Å²) in [5.74, 6) is 0.469. The van der Waals surface area contributed by atoms with Crippen molar-refractivity contribution in [2.75, 3.05) is 17.9 Å². The van der Waals surface area contributed by atoms with E-state index in [9.17, 15) is 14.0 Å². The molecule has 3 heterocycles. The maximum atomic E-state index is 13.5. The number of carbonyl (C=O) groups is 1. The van der Waals surface area contributed by atoms with Gasteiger partial charge in [-0.2, -0.15) is 0 Å². The van der Waals surface area contributed by atoms with E-state index in [1.54, 1.807) is 24.3 Å². The van der Waals surface area contributed by atoms with Crippen molar-refractivity contribution in [3.05, 3.63) is 75.7 Å². The predicted octanol–water partition coefficient (Wildman–Crippen LogP) is 4.29. The van der Waals surface area contributed by atoms with Gasteiger partial charge in [0.05, 0.1) is 40.2 Å². The van der Waals surface area contributed by atoms with E-state index in [0.717, 1.165) is 17.8 Å². The van der Waals surface area contributed by atoms with E-state index in [0.29, 0.717) is 33.3 Å². The van der Waals surface area contributed by atoms with Crippen molar-refractivity contribution in [1.29, 1.82) is 0 Å². The van der Waals surface area contributed by atoms with E-state index in [1.807, 2.05) is 0 Å². The highest BCUT2D eigenvalue weighted by Gasteiger charge is 2.20. The van der Waals surface area contributed by atoms with Crippen molar-refractivity contribution in [2.24, 2.45) is 0 Å². The molecule has 0 fully saturated rings. The van der Waals surface area contributed by atoms with Crippen LogP contribution in [0.3, 0.4) is 0 Å². The van der Waals surface area contributed by atoms with Crippen molar-refractivity contribution in [3.8, 4) is 11.5 Å². The molecule has 8 nitrogen and oxygen atoms in total. The molecule has 2 aromatic heterocycles. The Hall–Kier alpha value is -3.50. The zero-order valence-corrected chi connectivity index (χ0v) is 18.4. The monoisotopic (exact) mass is 487 g/mol. The van der Waals surface area contributed by atoms with E-state index in [2.05, 4.69) is 10.3 Å². The molecule has 11 heteroatoms. The highest BCUT2D eigenvalue weighted by atomic mass is 35.5. The third kappa shape index (κ3) is 4.39. The summed E-state index contributed by atoms with van der Waals surface area (Å²) < 4.78 is 31.1. The van der Waals surface area contributed by atoms with Gasteiger partial charge in [-0.25, -0.2) is 9.37 Å². The van der Waals surface area contributed by atoms with Crippen LogP contribution in [0.15, 0.2) is 63.1 Å². The first-order valence-electron chi connectivity index (χ1n) is 9.72. The number of ether oxygens (including phenoxy) is 2. The van der Waals surface area contributed by atoms with Crippen LogP contribution in [-0.4, -0.2) is 28.0 Å². The normalized spacial score (nSPS) is 12.3. The van der Waals surface area contributed by atoms with Crippen LogP contribution in [0.2, 0.25) is 5.02 Å². The van der Waals surface area contributed by atoms with Crippen LogP contribution in [0.5, 0.6) is 11.5 Å². The Morgan fingerprint density at radius 2 is 2.03 bits per heavy atom. The number of benzene rings is 2. The molecule has 0 saturated carbocycles. The smallest absolute Gasteiger partial charge is 0.262 e. The van der Waals surface area contributed by atoms with Gasteiger partial charge in [0.1, 0.15) is 11.6 Å². The summed E-state index contributed by atoms with van der Waals surface area (Å²) in [6.45, 7) is 0.194. The third-order valence-electron chi connectivity index (χ3n) is 4.84. The number of carbonyl (C=O) groups excluding carboxylic acids is 1. The van der Waals surface area contributed by atoms with E-state index < -0.39 is 11.7 Å². The average molecular weight is 488 g/mol. The van der Waals surface area contributed by atoms with Crippen LogP contribution in [0.4, 0.5) is 10.1 Å². The number of nitrogens with one attached hydrogen (secondary N) is 1. The number of rotatable bonds is 6. The summed E-state index contributed by atoms with van der Waals surface area (Å²) in [6.07, 6.45) is 1.51. The van der Waals surface area contributed by atoms with Gasteiger partial charge in [-0.15, -0.1) is 0 Å². The SMILES string of the molecule is O=C(CSc1nc2cc3c(cc2c(=O)n1Cc1ccco1)OCO3)Nc1cc(F)ccc1Cl. The molecule has 0 saturated heterocycles. The van der Waals surface area contributed by atoms with Crippen molar-refractivity contribution in [2.45, 2.75) is 11.7 Å². The Labute approximate surface area is 195 Å². The summed E-state index contributed by atoms with van der Waals surface area (Å²) in [5, 5.41) is 3.44. The van der Waals surface area contributed by atoms with E-state index >= 15 is 0 Å². The largest absolute Gasteiger partial charge is 0.467 e. The number of anilines is 1. The number of aromatic nitrogens is 2. The minimum absolute atomic E-state index is 0.0661. The van der Waals surface area contributed by atoms with Crippen LogP contribution in [0.25, 0.3) is 10.9 Å². The molecule has 1 amide bonds. The second-order valence-corrected chi connectivity index (χ2v) is 8.40. The Bertz CT molecular complexity index is 1420. The second-order valence-electron chi connectivity index (χ2n) is 7.05. The van der Waals surface area contributed by atoms with Gasteiger partial charge in [0.2, 0.25) is 12.7 Å². The molecule has 33 heavy (non-hydrogen) atoms. The predicted molar refractivity (Wildman–Crippen MR) is 121 cm³/mol. The lowest BCUT2D eigenvalue weighted by Gasteiger charge is -2.13. The van der Waals surface area contributed by atoms with Gasteiger partial charge in [-0.1, -0.05) is 23.4 Å². The molecule has 0 radical (unpaired) electrons. The topological polar surface area (TPSA) is 95.6 Å². The van der Waals surface area contributed by atoms with Crippen LogP contribution in [0.1, 0.15) is 5.76 Å². The molecule has 168 valence electrons. The lowest BCUT2D eigenvalue weighted by Crippen LogP contribution is -2.24. The number of nitrogens with zero attached hydrogens (tertiary/aromatic N) is 2. The van der Waals surface area contributed by atoms with Gasteiger partial charge >= 0.3 is 0 Å². The Morgan fingerprint density at radius 3 is 2.82 bits per heavy atom. The summed E-state index contributed by atoms with van der Waals surface area (Å²) in [4.78, 5) is 30.4. The molecule has 0 atom stereocenters. The van der Waals surface area contributed by atoms with E-state index in [1.165, 1.54) is 23.0 Å². The zero-order chi connectivity index (χ0) is 22.9. The zero-order valence-electron chi connectivity index (χ0n) is 16.8. The minimum Gasteiger partial charge on any atom is -0.467 e. The molecule has 5 rings (SSSR count). The van der Waals surface area contributed by atoms with Crippen LogP contribution < -0.4 is 20.3 Å². The molecule has 4 aromatic rings. The first-order chi connectivity index (χ1) is 16.0. The van der Waals surface area contributed by atoms with Crippen LogP contribution >= 0.6 is 23.4 Å². The maximum absolute atomic E-state index is 13.5. The van der Waals surface area contributed by atoms with Gasteiger partial charge < -0.3 is 19.2 Å². The number of halogens is 2. The fraction of sp³-hybridized carbons (Fsp3) is 0.136. The number of hydrogen-bond donors (Lipinski definition) is 1. The fourth-order valence-electron chi connectivity index (χ4n) is 3.31. The highest BCUT2D eigenvalue weighted by molar-refractivity contribution is 7.99. The van der Waals surface area contributed by atoms with Crippen molar-refractivity contribution < 1.29 is 23.1 Å². The summed E-state index contributed by atoms with van der Waals surface area (Å²) in [7, 11) is 0. The first kappa shape index (κ1) is 21.4. The molecular weight excluding hydrogens is 473 g/mol. The minimum atomic E-state index is -0.524. The lowest BCUT2D eigenvalue weighted by atomic mass is 10.2. The van der Waals surface area contributed by atoms with Gasteiger partial charge in [-0.05, 0) is 36.4 Å². The van der Waals surface area contributed by atoms with Crippen molar-refractivity contribution in [1.82, 2.24) is 9.55 Å². The van der Waals surface area contributed by atoms with Crippen molar-refractivity contribution >= 4 is 45.9 Å². The van der Waals surface area contributed by atoms with E-state index in [-0.39, 0.29) is 35.4 Å². The standard InChI is InChI=1S/C22H15ClFN3O5S/c23-15-4-3-12(24)6-17(15)25-20(28)10-33-22-26-16-8-19-18(31-11-32-19)7-14(16)21(29)27(22)9-13-2-1-5-30-13/h1-8H,9-11H2,(H,25,28). The molecule has 1 aliphatic rings. The van der Waals surface area contributed by atoms with E-state index in [4.69, 9.17) is 25.5 Å². The maximum Gasteiger partial charge on any atom is 0.262 e. The number of furan rings is 1. The van der Waals surface area contributed by atoms with Gasteiger partial charge in [-0.3, -0.25) is 14.2 Å². The fourth-order valence-corrected chi connectivity index (χ4v) is 4.27. The van der Waals surface area contributed by atoms with Gasteiger partial charge in [0.25, 0.3) is 5.56 Å². The Balaban J connectivity index is 1.46. The van der Waals surface area contributed by atoms with Gasteiger partial charge in [0, 0.05) is 6.07 Å². The number of hydrogen-bond acceptors (Lipinski definition) is 7. The molecule has 0 spiro atoms. The van der Waals surface area contributed by atoms with Crippen LogP contribution in [0, 0.1) is 5.82 Å². The number of fused-ring (bicyclic) bond motifs is 2. The molecule has 2 aromatic carbocycles. The average Bonchev–Trinajstić information content (AvgIpc) is 3.47. The van der Waals surface area contributed by atoms with Crippen LogP contribution in [-0.2, 0) is 11.3 Å². The summed E-state index contributed by atoms with van der Waals surface area (Å²) in [5.41, 5.74) is 0.260. The summed E-state index contributed by atoms with van der Waals surface area (Å²) >= 11 is 7.07. The molecule has 0 unspecified atom stereocenters. The van der Waals surface area contributed by atoms with Crippen molar-refractivity contribution in [3.63, 3.8) is 0 Å². The summed E-state index contributed by atoms with van der Waals surface area (Å²) in [6, 6.07) is 10.4. The van der Waals surface area contributed by atoms with Gasteiger partial charge in [0.15, 0.2) is 16.7 Å². The first-order valence-corrected chi connectivity index (χ1v) is 11.1. The third-order valence-corrected chi connectivity index (χ3v) is 6.15. The molecular formula is C22H15ClFN3O5S. The number of thioether (sulfide) groups is 1. The molecule has 1 aliphatic heterocycles. The quantitative estimate of drug-likeness (QED) is 0.320. The Kier molecular flexibility index (Phi) is 5.69. The second kappa shape index (κ2) is 8.80. The molecule has 1 N–H and O–H groups in total. The lowest BCUT2D eigenvalue weighted by molar-refractivity contribution is -0.113. The molecule has 0 aliphatic carbocycles. The molecule has 0 bridgehead atoms. The number of amides is 1. The Morgan fingerprint density at radius 1 is 1.21 bits per heavy atom. The highest BCUT2D eigenvalue weighted by Crippen LogP contribution is 2.35.